The Balaban J connectivity index is 2.45. The zero-order chi connectivity index (χ0) is 12.0. The Kier molecular flexibility index (Phi) is 6.41. The minimum absolute atomic E-state index is 0.697. The molecular weight excluding hydrogens is 194 g/mol. The Bertz CT molecular complexity index is 178. The predicted molar refractivity (Wildman–Crippen MR) is 72.7 cm³/mol. The fourth-order valence-corrected chi connectivity index (χ4v) is 3.03. The minimum atomic E-state index is 0.697. The van der Waals surface area contributed by atoms with Crippen molar-refractivity contribution < 1.29 is 0 Å². The first-order chi connectivity index (χ1) is 7.63. The van der Waals surface area contributed by atoms with Crippen molar-refractivity contribution in [2.75, 3.05) is 6.54 Å². The van der Waals surface area contributed by atoms with E-state index in [1.54, 1.807) is 0 Å². The van der Waals surface area contributed by atoms with Crippen molar-refractivity contribution in [1.82, 2.24) is 5.32 Å². The van der Waals surface area contributed by atoms with Gasteiger partial charge in [0, 0.05) is 6.04 Å². The van der Waals surface area contributed by atoms with Gasteiger partial charge in [0.25, 0.3) is 0 Å². The van der Waals surface area contributed by atoms with E-state index in [0.29, 0.717) is 6.04 Å². The summed E-state index contributed by atoms with van der Waals surface area (Å²) in [7, 11) is 0. The van der Waals surface area contributed by atoms with Crippen LogP contribution in [0.25, 0.3) is 0 Å². The van der Waals surface area contributed by atoms with Gasteiger partial charge < -0.3 is 5.32 Å². The number of nitrogens with one attached hydrogen (secondary N) is 1. The highest BCUT2D eigenvalue weighted by Gasteiger charge is 2.19. The first kappa shape index (κ1) is 14.0. The first-order valence-corrected chi connectivity index (χ1v) is 7.36. The second kappa shape index (κ2) is 7.32. The molecule has 4 atom stereocenters. The van der Waals surface area contributed by atoms with Gasteiger partial charge in [-0.25, -0.2) is 0 Å². The van der Waals surface area contributed by atoms with Crippen LogP contribution in [0.5, 0.6) is 0 Å². The molecule has 1 N–H and O–H groups in total. The summed E-state index contributed by atoms with van der Waals surface area (Å²) in [6.07, 6.45) is 8.47. The molecule has 0 aliphatic carbocycles. The molecule has 1 aliphatic heterocycles. The molecule has 0 spiro atoms. The van der Waals surface area contributed by atoms with Gasteiger partial charge in [0.2, 0.25) is 0 Å². The highest BCUT2D eigenvalue weighted by atomic mass is 14.9. The van der Waals surface area contributed by atoms with Gasteiger partial charge in [-0.3, -0.25) is 0 Å². The Labute approximate surface area is 102 Å². The van der Waals surface area contributed by atoms with Crippen LogP contribution in [0.15, 0.2) is 0 Å². The highest BCUT2D eigenvalue weighted by molar-refractivity contribution is 4.74. The fraction of sp³-hybridized carbons (Fsp3) is 1.00. The van der Waals surface area contributed by atoms with Crippen molar-refractivity contribution in [2.24, 2.45) is 17.8 Å². The maximum absolute atomic E-state index is 3.71. The Morgan fingerprint density at radius 3 is 2.50 bits per heavy atom. The van der Waals surface area contributed by atoms with Crippen molar-refractivity contribution in [3.8, 4) is 0 Å². The molecule has 0 radical (unpaired) electrons. The molecule has 1 nitrogen and oxygen atoms in total. The molecule has 0 aromatic rings. The second-order valence-corrected chi connectivity index (χ2v) is 6.08. The van der Waals surface area contributed by atoms with Crippen LogP contribution < -0.4 is 5.32 Å². The van der Waals surface area contributed by atoms with Crippen LogP contribution in [-0.2, 0) is 0 Å². The van der Waals surface area contributed by atoms with Crippen molar-refractivity contribution >= 4 is 0 Å². The van der Waals surface area contributed by atoms with Crippen molar-refractivity contribution in [2.45, 2.75) is 72.3 Å². The predicted octanol–water partition coefficient (Wildman–Crippen LogP) is 4.23. The van der Waals surface area contributed by atoms with E-state index in [-0.39, 0.29) is 0 Å². The van der Waals surface area contributed by atoms with Gasteiger partial charge in [0.1, 0.15) is 0 Å². The fourth-order valence-electron chi connectivity index (χ4n) is 3.03. The van der Waals surface area contributed by atoms with E-state index in [1.165, 1.54) is 45.1 Å². The van der Waals surface area contributed by atoms with Gasteiger partial charge in [-0.1, -0.05) is 46.5 Å². The third-order valence-electron chi connectivity index (χ3n) is 4.41. The summed E-state index contributed by atoms with van der Waals surface area (Å²) in [5.41, 5.74) is 0. The van der Waals surface area contributed by atoms with E-state index < -0.39 is 0 Å². The minimum Gasteiger partial charge on any atom is -0.314 e. The monoisotopic (exact) mass is 225 g/mol. The SMILES string of the molecule is CCCC1CCNC(C)C(C)CC(C)CC1. The molecule has 0 bridgehead atoms. The molecule has 0 saturated carbocycles. The summed E-state index contributed by atoms with van der Waals surface area (Å²) in [6.45, 7) is 10.7. The molecule has 96 valence electrons. The number of hydrogen-bond acceptors (Lipinski definition) is 1. The normalized spacial score (nSPS) is 38.2. The van der Waals surface area contributed by atoms with Crippen LogP contribution in [-0.4, -0.2) is 12.6 Å². The number of rotatable bonds is 2. The largest absolute Gasteiger partial charge is 0.314 e. The molecule has 1 heterocycles. The van der Waals surface area contributed by atoms with E-state index in [0.717, 1.165) is 17.8 Å². The molecule has 16 heavy (non-hydrogen) atoms. The van der Waals surface area contributed by atoms with Gasteiger partial charge >= 0.3 is 0 Å². The van der Waals surface area contributed by atoms with Gasteiger partial charge in [-0.15, -0.1) is 0 Å². The van der Waals surface area contributed by atoms with Gasteiger partial charge in [0.05, 0.1) is 0 Å². The standard InChI is InChI=1S/C15H31N/c1-5-6-15-8-7-12(2)11-13(3)14(4)16-10-9-15/h12-16H,5-11H2,1-4H3. The zero-order valence-corrected chi connectivity index (χ0v) is 11.8. The van der Waals surface area contributed by atoms with E-state index in [2.05, 4.69) is 33.0 Å². The molecule has 4 unspecified atom stereocenters. The van der Waals surface area contributed by atoms with E-state index in [9.17, 15) is 0 Å². The van der Waals surface area contributed by atoms with E-state index in [4.69, 9.17) is 0 Å². The van der Waals surface area contributed by atoms with Crippen molar-refractivity contribution in [3.63, 3.8) is 0 Å². The molecule has 1 fully saturated rings. The Morgan fingerprint density at radius 1 is 1.06 bits per heavy atom. The molecule has 1 aliphatic rings. The lowest BCUT2D eigenvalue weighted by molar-refractivity contribution is 0.267. The Morgan fingerprint density at radius 2 is 1.81 bits per heavy atom. The topological polar surface area (TPSA) is 12.0 Å². The molecule has 1 saturated heterocycles. The van der Waals surface area contributed by atoms with Crippen LogP contribution in [0.2, 0.25) is 0 Å². The summed E-state index contributed by atoms with van der Waals surface area (Å²) in [4.78, 5) is 0. The summed E-state index contributed by atoms with van der Waals surface area (Å²) in [5, 5.41) is 3.71. The molecule has 0 amide bonds. The van der Waals surface area contributed by atoms with Crippen LogP contribution in [0.1, 0.15) is 66.2 Å². The van der Waals surface area contributed by atoms with Crippen LogP contribution >= 0.6 is 0 Å². The maximum atomic E-state index is 3.71. The lowest BCUT2D eigenvalue weighted by Gasteiger charge is -2.28. The van der Waals surface area contributed by atoms with Gasteiger partial charge in [-0.2, -0.15) is 0 Å². The smallest absolute Gasteiger partial charge is 0.00644 e. The molecular formula is C15H31N. The zero-order valence-electron chi connectivity index (χ0n) is 11.8. The third-order valence-corrected chi connectivity index (χ3v) is 4.41. The third kappa shape index (κ3) is 4.86. The average molecular weight is 225 g/mol. The molecule has 0 aromatic carbocycles. The molecule has 0 aromatic heterocycles. The second-order valence-electron chi connectivity index (χ2n) is 6.08. The van der Waals surface area contributed by atoms with Crippen LogP contribution in [0.3, 0.4) is 0 Å². The number of hydrogen-bond donors (Lipinski definition) is 1. The lowest BCUT2D eigenvalue weighted by atomic mass is 9.84. The van der Waals surface area contributed by atoms with E-state index in [1.807, 2.05) is 0 Å². The van der Waals surface area contributed by atoms with Crippen LogP contribution in [0, 0.1) is 17.8 Å². The van der Waals surface area contributed by atoms with Gasteiger partial charge in [-0.05, 0) is 44.1 Å². The average Bonchev–Trinajstić information content (AvgIpc) is 2.24. The van der Waals surface area contributed by atoms with Crippen molar-refractivity contribution in [3.05, 3.63) is 0 Å². The highest BCUT2D eigenvalue weighted by Crippen LogP contribution is 2.26. The summed E-state index contributed by atoms with van der Waals surface area (Å²) < 4.78 is 0. The summed E-state index contributed by atoms with van der Waals surface area (Å²) in [6, 6.07) is 0.697. The van der Waals surface area contributed by atoms with Crippen molar-refractivity contribution in [1.29, 1.82) is 0 Å². The molecule has 1 rings (SSSR count). The maximum Gasteiger partial charge on any atom is 0.00644 e. The summed E-state index contributed by atoms with van der Waals surface area (Å²) >= 11 is 0. The van der Waals surface area contributed by atoms with Crippen LogP contribution in [0.4, 0.5) is 0 Å². The van der Waals surface area contributed by atoms with Gasteiger partial charge in [0.15, 0.2) is 0 Å². The van der Waals surface area contributed by atoms with E-state index >= 15 is 0 Å². The quantitative estimate of drug-likeness (QED) is 0.741. The first-order valence-electron chi connectivity index (χ1n) is 7.36. The Hall–Kier alpha value is -0.0400. The molecule has 1 heteroatoms. The summed E-state index contributed by atoms with van der Waals surface area (Å²) in [5.74, 6) is 2.72. The lowest BCUT2D eigenvalue weighted by Crippen LogP contribution is -2.35.